The van der Waals surface area contributed by atoms with Gasteiger partial charge in [-0.2, -0.15) is 0 Å². The number of morpholine rings is 1. The Kier molecular flexibility index (Phi) is 4.42. The number of nitrogens with zero attached hydrogens (tertiary/aromatic N) is 2. The molecule has 2 aliphatic rings. The SMILES string of the molecule is CC1CNC(CN2CCOC[C@H]2C)CN1C(=O)O. The maximum Gasteiger partial charge on any atom is 0.407 e. The lowest BCUT2D eigenvalue weighted by molar-refractivity contribution is -0.00908. The van der Waals surface area contributed by atoms with Crippen LogP contribution in [0.2, 0.25) is 0 Å². The van der Waals surface area contributed by atoms with Gasteiger partial charge in [0.15, 0.2) is 0 Å². The molecule has 18 heavy (non-hydrogen) atoms. The Hall–Kier alpha value is -0.850. The predicted octanol–water partition coefficient (Wildman–Crippen LogP) is 0.0474. The molecule has 0 aliphatic carbocycles. The summed E-state index contributed by atoms with van der Waals surface area (Å²) in [5, 5.41) is 12.6. The van der Waals surface area contributed by atoms with E-state index in [9.17, 15) is 4.79 Å². The Morgan fingerprint density at radius 2 is 2.22 bits per heavy atom. The lowest BCUT2D eigenvalue weighted by atomic mass is 10.1. The Balaban J connectivity index is 1.87. The van der Waals surface area contributed by atoms with Crippen molar-refractivity contribution in [1.82, 2.24) is 15.1 Å². The number of rotatable bonds is 2. The lowest BCUT2D eigenvalue weighted by Gasteiger charge is -2.41. The molecule has 2 unspecified atom stereocenters. The van der Waals surface area contributed by atoms with E-state index >= 15 is 0 Å². The number of hydrogen-bond donors (Lipinski definition) is 2. The summed E-state index contributed by atoms with van der Waals surface area (Å²) in [4.78, 5) is 15.0. The molecule has 0 spiro atoms. The van der Waals surface area contributed by atoms with E-state index < -0.39 is 6.09 Å². The summed E-state index contributed by atoms with van der Waals surface area (Å²) in [6.45, 7) is 8.76. The van der Waals surface area contributed by atoms with Crippen LogP contribution in [0.5, 0.6) is 0 Å². The van der Waals surface area contributed by atoms with Crippen molar-refractivity contribution in [3.63, 3.8) is 0 Å². The second-order valence-corrected chi connectivity index (χ2v) is 5.31. The number of nitrogens with one attached hydrogen (secondary N) is 1. The summed E-state index contributed by atoms with van der Waals surface area (Å²) in [6.07, 6.45) is -0.816. The highest BCUT2D eigenvalue weighted by molar-refractivity contribution is 5.65. The van der Waals surface area contributed by atoms with Crippen molar-refractivity contribution in [2.45, 2.75) is 32.0 Å². The van der Waals surface area contributed by atoms with Gasteiger partial charge in [-0.25, -0.2) is 4.79 Å². The molecule has 0 radical (unpaired) electrons. The molecule has 0 bridgehead atoms. The second-order valence-electron chi connectivity index (χ2n) is 5.31. The maximum absolute atomic E-state index is 11.1. The monoisotopic (exact) mass is 257 g/mol. The van der Waals surface area contributed by atoms with E-state index in [4.69, 9.17) is 9.84 Å². The Bertz CT molecular complexity index is 300. The molecule has 2 aliphatic heterocycles. The molecule has 2 heterocycles. The molecule has 0 saturated carbocycles. The topological polar surface area (TPSA) is 65.0 Å². The van der Waals surface area contributed by atoms with Gasteiger partial charge in [-0.3, -0.25) is 4.90 Å². The Labute approximate surface area is 108 Å². The largest absolute Gasteiger partial charge is 0.465 e. The third kappa shape index (κ3) is 3.13. The third-order valence-electron chi connectivity index (χ3n) is 3.86. The van der Waals surface area contributed by atoms with E-state index in [1.165, 1.54) is 4.90 Å². The molecule has 6 nitrogen and oxygen atoms in total. The van der Waals surface area contributed by atoms with Crippen LogP contribution in [0.25, 0.3) is 0 Å². The fourth-order valence-corrected chi connectivity index (χ4v) is 2.63. The molecular weight excluding hydrogens is 234 g/mol. The zero-order chi connectivity index (χ0) is 13.1. The van der Waals surface area contributed by atoms with Crippen molar-refractivity contribution < 1.29 is 14.6 Å². The molecule has 0 aromatic heterocycles. The van der Waals surface area contributed by atoms with Crippen molar-refractivity contribution in [2.24, 2.45) is 0 Å². The summed E-state index contributed by atoms with van der Waals surface area (Å²) in [5.41, 5.74) is 0. The van der Waals surface area contributed by atoms with E-state index in [1.807, 2.05) is 6.92 Å². The maximum atomic E-state index is 11.1. The van der Waals surface area contributed by atoms with Crippen LogP contribution in [0.15, 0.2) is 0 Å². The zero-order valence-electron chi connectivity index (χ0n) is 11.1. The van der Waals surface area contributed by atoms with Gasteiger partial charge >= 0.3 is 6.09 Å². The van der Waals surface area contributed by atoms with Crippen LogP contribution in [0, 0.1) is 0 Å². The van der Waals surface area contributed by atoms with Crippen LogP contribution in [-0.2, 0) is 4.74 Å². The van der Waals surface area contributed by atoms with Crippen molar-refractivity contribution in [3.05, 3.63) is 0 Å². The van der Waals surface area contributed by atoms with Gasteiger partial charge in [0, 0.05) is 44.3 Å². The van der Waals surface area contributed by atoms with Crippen LogP contribution in [0.3, 0.4) is 0 Å². The van der Waals surface area contributed by atoms with Crippen LogP contribution in [-0.4, -0.2) is 78.5 Å². The van der Waals surface area contributed by atoms with Crippen molar-refractivity contribution in [1.29, 1.82) is 0 Å². The average Bonchev–Trinajstić information content (AvgIpc) is 2.34. The van der Waals surface area contributed by atoms with Gasteiger partial charge in [0.1, 0.15) is 0 Å². The van der Waals surface area contributed by atoms with Gasteiger partial charge < -0.3 is 20.1 Å². The Morgan fingerprint density at radius 1 is 1.44 bits per heavy atom. The summed E-state index contributed by atoms with van der Waals surface area (Å²) >= 11 is 0. The van der Waals surface area contributed by atoms with Gasteiger partial charge in [0.2, 0.25) is 0 Å². The standard InChI is InChI=1S/C12H23N3O3/c1-9-5-13-11(7-15(9)12(16)17)6-14-3-4-18-8-10(14)2/h9-11,13H,3-8H2,1-2H3,(H,16,17)/t9?,10-,11?/m1/s1. The van der Waals surface area contributed by atoms with E-state index in [-0.39, 0.29) is 12.1 Å². The normalized spacial score (nSPS) is 34.6. The van der Waals surface area contributed by atoms with Crippen molar-refractivity contribution in [3.8, 4) is 0 Å². The van der Waals surface area contributed by atoms with Gasteiger partial charge in [0.25, 0.3) is 0 Å². The molecule has 2 fully saturated rings. The highest BCUT2D eigenvalue weighted by Crippen LogP contribution is 2.11. The van der Waals surface area contributed by atoms with Gasteiger partial charge in [-0.1, -0.05) is 0 Å². The van der Waals surface area contributed by atoms with Crippen molar-refractivity contribution >= 4 is 6.09 Å². The molecule has 0 aromatic rings. The number of piperazine rings is 1. The highest BCUT2D eigenvalue weighted by Gasteiger charge is 2.30. The Morgan fingerprint density at radius 3 is 2.89 bits per heavy atom. The third-order valence-corrected chi connectivity index (χ3v) is 3.86. The fraction of sp³-hybridized carbons (Fsp3) is 0.917. The zero-order valence-corrected chi connectivity index (χ0v) is 11.1. The first-order valence-corrected chi connectivity index (χ1v) is 6.62. The smallest absolute Gasteiger partial charge is 0.407 e. The number of hydrogen-bond acceptors (Lipinski definition) is 4. The van der Waals surface area contributed by atoms with Crippen LogP contribution in [0.4, 0.5) is 4.79 Å². The van der Waals surface area contributed by atoms with Gasteiger partial charge in [0.05, 0.1) is 13.2 Å². The van der Waals surface area contributed by atoms with E-state index in [1.54, 1.807) is 0 Å². The van der Waals surface area contributed by atoms with Crippen molar-refractivity contribution in [2.75, 3.05) is 39.4 Å². The fourth-order valence-electron chi connectivity index (χ4n) is 2.63. The number of amides is 1. The average molecular weight is 257 g/mol. The minimum absolute atomic E-state index is 0.0564. The molecule has 6 heteroatoms. The molecule has 2 saturated heterocycles. The first-order chi connectivity index (χ1) is 8.58. The van der Waals surface area contributed by atoms with E-state index in [0.29, 0.717) is 12.6 Å². The summed E-state index contributed by atoms with van der Waals surface area (Å²) < 4.78 is 5.41. The lowest BCUT2D eigenvalue weighted by Crippen LogP contribution is -2.61. The minimum Gasteiger partial charge on any atom is -0.465 e. The van der Waals surface area contributed by atoms with E-state index in [2.05, 4.69) is 17.1 Å². The predicted molar refractivity (Wildman–Crippen MR) is 67.8 cm³/mol. The molecular formula is C12H23N3O3. The number of carboxylic acid groups (broad SMARTS) is 1. The van der Waals surface area contributed by atoms with Gasteiger partial charge in [-0.05, 0) is 13.8 Å². The number of carbonyl (C=O) groups is 1. The summed E-state index contributed by atoms with van der Waals surface area (Å²) in [6, 6.07) is 0.692. The van der Waals surface area contributed by atoms with Crippen LogP contribution >= 0.6 is 0 Å². The first-order valence-electron chi connectivity index (χ1n) is 6.62. The van der Waals surface area contributed by atoms with Crippen LogP contribution < -0.4 is 5.32 Å². The van der Waals surface area contributed by atoms with Crippen LogP contribution in [0.1, 0.15) is 13.8 Å². The molecule has 104 valence electrons. The van der Waals surface area contributed by atoms with Gasteiger partial charge in [-0.15, -0.1) is 0 Å². The quantitative estimate of drug-likeness (QED) is 0.731. The first kappa shape index (κ1) is 13.6. The number of ether oxygens (including phenoxy) is 1. The molecule has 3 atom stereocenters. The second kappa shape index (κ2) is 5.86. The highest BCUT2D eigenvalue weighted by atomic mass is 16.5. The molecule has 1 amide bonds. The molecule has 0 aromatic carbocycles. The molecule has 2 N–H and O–H groups in total. The minimum atomic E-state index is -0.816. The summed E-state index contributed by atoms with van der Waals surface area (Å²) in [5.74, 6) is 0. The summed E-state index contributed by atoms with van der Waals surface area (Å²) in [7, 11) is 0. The molecule has 2 rings (SSSR count). The van der Waals surface area contributed by atoms with E-state index in [0.717, 1.165) is 32.8 Å².